The van der Waals surface area contributed by atoms with Crippen LogP contribution >= 0.6 is 22.9 Å². The maximum absolute atomic E-state index is 12.2. The number of unbranched alkanes of at least 4 members (excludes halogenated alkanes) is 2. The number of amides is 1. The Morgan fingerprint density at radius 1 is 1.24 bits per heavy atom. The number of thiophene rings is 1. The molecule has 2 nitrogen and oxygen atoms in total. The Bertz CT molecular complexity index is 343. The highest BCUT2D eigenvalue weighted by molar-refractivity contribution is 7.17. The van der Waals surface area contributed by atoms with Gasteiger partial charge in [0.25, 0.3) is 5.91 Å². The van der Waals surface area contributed by atoms with Crippen molar-refractivity contribution < 1.29 is 4.79 Å². The van der Waals surface area contributed by atoms with E-state index in [0.717, 1.165) is 43.6 Å². The lowest BCUT2D eigenvalue weighted by molar-refractivity contribution is 0.0756. The zero-order valence-electron chi connectivity index (χ0n) is 10.5. The van der Waals surface area contributed by atoms with Crippen molar-refractivity contribution in [2.45, 2.75) is 39.5 Å². The van der Waals surface area contributed by atoms with Crippen LogP contribution in [0.2, 0.25) is 4.34 Å². The van der Waals surface area contributed by atoms with Crippen molar-refractivity contribution in [1.82, 2.24) is 4.90 Å². The normalized spacial score (nSPS) is 10.5. The van der Waals surface area contributed by atoms with Gasteiger partial charge >= 0.3 is 0 Å². The minimum atomic E-state index is 0.129. The maximum Gasteiger partial charge on any atom is 0.263 e. The SMILES string of the molecule is CCCCN(CCCC)C(=O)c1ccc(Cl)s1. The van der Waals surface area contributed by atoms with Gasteiger partial charge in [0, 0.05) is 13.1 Å². The van der Waals surface area contributed by atoms with E-state index in [1.807, 2.05) is 11.0 Å². The standard InChI is InChI=1S/C13H20ClNOS/c1-3-5-9-15(10-6-4-2)13(16)11-7-8-12(14)17-11/h7-8H,3-6,9-10H2,1-2H3. The molecule has 0 bridgehead atoms. The first-order valence-corrected chi connectivity index (χ1v) is 7.43. The van der Waals surface area contributed by atoms with Crippen LogP contribution in [0.4, 0.5) is 0 Å². The summed E-state index contributed by atoms with van der Waals surface area (Å²) in [5, 5.41) is 0. The average molecular weight is 274 g/mol. The van der Waals surface area contributed by atoms with Gasteiger partial charge in [0.2, 0.25) is 0 Å². The Hall–Kier alpha value is -0.540. The van der Waals surface area contributed by atoms with E-state index < -0.39 is 0 Å². The Morgan fingerprint density at radius 2 is 1.82 bits per heavy atom. The fraction of sp³-hybridized carbons (Fsp3) is 0.615. The molecule has 0 unspecified atom stereocenters. The summed E-state index contributed by atoms with van der Waals surface area (Å²) < 4.78 is 0.680. The Kier molecular flexibility index (Phi) is 6.60. The topological polar surface area (TPSA) is 20.3 Å². The highest BCUT2D eigenvalue weighted by Gasteiger charge is 2.16. The smallest absolute Gasteiger partial charge is 0.263 e. The van der Waals surface area contributed by atoms with E-state index >= 15 is 0 Å². The molecule has 0 atom stereocenters. The predicted molar refractivity (Wildman–Crippen MR) is 75.0 cm³/mol. The summed E-state index contributed by atoms with van der Waals surface area (Å²) >= 11 is 7.23. The van der Waals surface area contributed by atoms with E-state index in [1.54, 1.807) is 6.07 Å². The van der Waals surface area contributed by atoms with Crippen molar-refractivity contribution in [1.29, 1.82) is 0 Å². The van der Waals surface area contributed by atoms with Crippen molar-refractivity contribution >= 4 is 28.8 Å². The van der Waals surface area contributed by atoms with Crippen molar-refractivity contribution in [2.75, 3.05) is 13.1 Å². The second kappa shape index (κ2) is 7.72. The maximum atomic E-state index is 12.2. The molecule has 1 amide bonds. The summed E-state index contributed by atoms with van der Waals surface area (Å²) in [4.78, 5) is 15.0. The van der Waals surface area contributed by atoms with Crippen molar-refractivity contribution in [3.8, 4) is 0 Å². The first-order chi connectivity index (χ1) is 8.19. The van der Waals surface area contributed by atoms with Crippen LogP contribution < -0.4 is 0 Å². The number of hydrogen-bond acceptors (Lipinski definition) is 2. The van der Waals surface area contributed by atoms with Gasteiger partial charge in [-0.2, -0.15) is 0 Å². The number of carbonyl (C=O) groups excluding carboxylic acids is 1. The highest BCUT2D eigenvalue weighted by Crippen LogP contribution is 2.23. The molecule has 0 aliphatic carbocycles. The van der Waals surface area contributed by atoms with Crippen LogP contribution in [0.3, 0.4) is 0 Å². The van der Waals surface area contributed by atoms with Gasteiger partial charge in [-0.1, -0.05) is 38.3 Å². The largest absolute Gasteiger partial charge is 0.338 e. The zero-order valence-corrected chi connectivity index (χ0v) is 12.1. The molecule has 0 aromatic carbocycles. The van der Waals surface area contributed by atoms with Crippen molar-refractivity contribution in [2.24, 2.45) is 0 Å². The molecular weight excluding hydrogens is 254 g/mol. The molecule has 0 N–H and O–H groups in total. The number of carbonyl (C=O) groups is 1. The van der Waals surface area contributed by atoms with E-state index in [4.69, 9.17) is 11.6 Å². The lowest BCUT2D eigenvalue weighted by Gasteiger charge is -2.21. The van der Waals surface area contributed by atoms with Crippen molar-refractivity contribution in [3.63, 3.8) is 0 Å². The quantitative estimate of drug-likeness (QED) is 0.719. The second-order valence-corrected chi connectivity index (χ2v) is 5.82. The minimum Gasteiger partial charge on any atom is -0.338 e. The molecule has 0 fully saturated rings. The van der Waals surface area contributed by atoms with Gasteiger partial charge in [-0.05, 0) is 25.0 Å². The third-order valence-electron chi connectivity index (χ3n) is 2.63. The summed E-state index contributed by atoms with van der Waals surface area (Å²) in [6, 6.07) is 3.61. The molecular formula is C13H20ClNOS. The fourth-order valence-electron chi connectivity index (χ4n) is 1.60. The lowest BCUT2D eigenvalue weighted by Crippen LogP contribution is -2.32. The summed E-state index contributed by atoms with van der Waals surface area (Å²) in [6.45, 7) is 5.99. The number of rotatable bonds is 7. The summed E-state index contributed by atoms with van der Waals surface area (Å²) in [5.41, 5.74) is 0. The molecule has 0 saturated heterocycles. The van der Waals surface area contributed by atoms with Crippen LogP contribution in [0.25, 0.3) is 0 Å². The molecule has 4 heteroatoms. The van der Waals surface area contributed by atoms with Crippen LogP contribution in [0, 0.1) is 0 Å². The van der Waals surface area contributed by atoms with E-state index in [-0.39, 0.29) is 5.91 Å². The van der Waals surface area contributed by atoms with Crippen LogP contribution in [0.15, 0.2) is 12.1 Å². The molecule has 0 saturated carbocycles. The van der Waals surface area contributed by atoms with Gasteiger partial charge in [-0.15, -0.1) is 11.3 Å². The van der Waals surface area contributed by atoms with Crippen molar-refractivity contribution in [3.05, 3.63) is 21.3 Å². The van der Waals surface area contributed by atoms with Crippen LogP contribution in [0.1, 0.15) is 49.2 Å². The fourth-order valence-corrected chi connectivity index (χ4v) is 2.61. The molecule has 1 aromatic heterocycles. The molecule has 1 rings (SSSR count). The van der Waals surface area contributed by atoms with Gasteiger partial charge in [-0.25, -0.2) is 0 Å². The highest BCUT2D eigenvalue weighted by atomic mass is 35.5. The van der Waals surface area contributed by atoms with E-state index in [0.29, 0.717) is 4.34 Å². The average Bonchev–Trinajstić information content (AvgIpc) is 2.75. The van der Waals surface area contributed by atoms with Crippen LogP contribution in [-0.4, -0.2) is 23.9 Å². The number of hydrogen-bond donors (Lipinski definition) is 0. The zero-order chi connectivity index (χ0) is 12.7. The van der Waals surface area contributed by atoms with Crippen LogP contribution in [0.5, 0.6) is 0 Å². The van der Waals surface area contributed by atoms with Crippen LogP contribution in [-0.2, 0) is 0 Å². The van der Waals surface area contributed by atoms with Gasteiger partial charge in [0.1, 0.15) is 0 Å². The summed E-state index contributed by atoms with van der Waals surface area (Å²) in [7, 11) is 0. The van der Waals surface area contributed by atoms with Gasteiger partial charge in [-0.3, -0.25) is 4.79 Å². The Morgan fingerprint density at radius 3 is 2.24 bits per heavy atom. The third-order valence-corrected chi connectivity index (χ3v) is 3.85. The summed E-state index contributed by atoms with van der Waals surface area (Å²) in [5.74, 6) is 0.129. The first kappa shape index (κ1) is 14.5. The monoisotopic (exact) mass is 273 g/mol. The van der Waals surface area contributed by atoms with E-state index in [9.17, 15) is 4.79 Å². The van der Waals surface area contributed by atoms with E-state index in [2.05, 4.69) is 13.8 Å². The second-order valence-electron chi connectivity index (χ2n) is 4.10. The van der Waals surface area contributed by atoms with Gasteiger partial charge in [0.15, 0.2) is 0 Å². The Labute approximate surface area is 113 Å². The Balaban J connectivity index is 2.64. The molecule has 0 spiro atoms. The summed E-state index contributed by atoms with van der Waals surface area (Å²) in [6.07, 6.45) is 4.35. The molecule has 0 radical (unpaired) electrons. The van der Waals surface area contributed by atoms with Gasteiger partial charge in [0.05, 0.1) is 9.21 Å². The number of halogens is 1. The molecule has 96 valence electrons. The first-order valence-electron chi connectivity index (χ1n) is 6.23. The molecule has 0 aliphatic heterocycles. The molecule has 1 heterocycles. The third kappa shape index (κ3) is 4.68. The molecule has 1 aromatic rings. The number of nitrogens with zero attached hydrogens (tertiary/aromatic N) is 1. The minimum absolute atomic E-state index is 0.129. The van der Waals surface area contributed by atoms with E-state index in [1.165, 1.54) is 11.3 Å². The lowest BCUT2D eigenvalue weighted by atomic mass is 10.2. The van der Waals surface area contributed by atoms with Gasteiger partial charge < -0.3 is 4.90 Å². The predicted octanol–water partition coefficient (Wildman–Crippen LogP) is 4.44. The molecule has 0 aliphatic rings. The molecule has 17 heavy (non-hydrogen) atoms.